The highest BCUT2D eigenvalue weighted by Crippen LogP contribution is 2.24. The van der Waals surface area contributed by atoms with Crippen molar-refractivity contribution in [2.45, 2.75) is 39.0 Å². The second kappa shape index (κ2) is 7.31. The molecule has 25 heavy (non-hydrogen) atoms. The molecule has 0 spiro atoms. The monoisotopic (exact) mass is 336 g/mol. The van der Waals surface area contributed by atoms with Crippen LogP contribution in [0.4, 0.5) is 5.69 Å². The Bertz CT molecular complexity index is 847. The smallest absolute Gasteiger partial charge is 0.249 e. The van der Waals surface area contributed by atoms with Gasteiger partial charge in [0, 0.05) is 16.9 Å². The number of carbonyl (C=O) groups is 2. The van der Waals surface area contributed by atoms with Gasteiger partial charge in [0.2, 0.25) is 11.7 Å². The van der Waals surface area contributed by atoms with Crippen LogP contribution in [0.1, 0.15) is 46.6 Å². The molecular weight excluding hydrogens is 316 g/mol. The fourth-order valence-electron chi connectivity index (χ4n) is 3.17. The molecule has 0 aliphatic heterocycles. The van der Waals surface area contributed by atoms with Crippen LogP contribution in [0.3, 0.4) is 0 Å². The van der Waals surface area contributed by atoms with Crippen LogP contribution in [-0.2, 0) is 17.6 Å². The predicted molar refractivity (Wildman–Crippen MR) is 93.1 cm³/mol. The van der Waals surface area contributed by atoms with E-state index in [1.54, 1.807) is 12.1 Å². The van der Waals surface area contributed by atoms with E-state index in [9.17, 15) is 14.9 Å². The summed E-state index contributed by atoms with van der Waals surface area (Å²) in [6.07, 6.45) is 4.75. The number of anilines is 1. The lowest BCUT2D eigenvalue weighted by molar-refractivity contribution is -0.117. The van der Waals surface area contributed by atoms with Crippen LogP contribution in [0.2, 0.25) is 0 Å². The number of aryl methyl sites for hydroxylation is 2. The van der Waals surface area contributed by atoms with E-state index in [1.807, 2.05) is 25.1 Å². The maximum atomic E-state index is 12.8. The standard InChI is InChI=1S/C19H20N4O2/c1-12-6-5-7-13(10-12)21-19(25)15(11-20)18(24)17-14-8-3-2-4-9-16(14)22-23-17/h5-7,10,15H,2-4,8-9H2,1H3,(H,21,25)(H,22,23)/t15-/m1/s1. The largest absolute Gasteiger partial charge is 0.325 e. The summed E-state index contributed by atoms with van der Waals surface area (Å²) in [5.41, 5.74) is 3.61. The molecule has 2 N–H and O–H groups in total. The van der Waals surface area contributed by atoms with Gasteiger partial charge in [0.1, 0.15) is 5.69 Å². The number of Topliss-reactive ketones (excluding diaryl/α,β-unsaturated/α-hetero) is 1. The van der Waals surface area contributed by atoms with Gasteiger partial charge in [-0.2, -0.15) is 10.4 Å². The fraction of sp³-hybridized carbons (Fsp3) is 0.368. The molecule has 0 saturated heterocycles. The Morgan fingerprint density at radius 2 is 2.08 bits per heavy atom. The third-order valence-corrected chi connectivity index (χ3v) is 4.48. The van der Waals surface area contributed by atoms with Crippen LogP contribution >= 0.6 is 0 Å². The molecule has 1 amide bonds. The summed E-state index contributed by atoms with van der Waals surface area (Å²) in [4.78, 5) is 25.2. The van der Waals surface area contributed by atoms with E-state index >= 15 is 0 Å². The van der Waals surface area contributed by atoms with Crippen molar-refractivity contribution in [2.75, 3.05) is 5.32 Å². The summed E-state index contributed by atoms with van der Waals surface area (Å²) in [7, 11) is 0. The van der Waals surface area contributed by atoms with Crippen molar-refractivity contribution < 1.29 is 9.59 Å². The van der Waals surface area contributed by atoms with Crippen molar-refractivity contribution >= 4 is 17.4 Å². The quantitative estimate of drug-likeness (QED) is 0.509. The molecule has 0 saturated carbocycles. The molecule has 6 nitrogen and oxygen atoms in total. The van der Waals surface area contributed by atoms with Crippen LogP contribution < -0.4 is 5.32 Å². The number of fused-ring (bicyclic) bond motifs is 1. The van der Waals surface area contributed by atoms with Crippen LogP contribution in [0, 0.1) is 24.2 Å². The van der Waals surface area contributed by atoms with E-state index < -0.39 is 17.6 Å². The number of amides is 1. The SMILES string of the molecule is Cc1cccc(NC(=O)[C@H](C#N)C(=O)c2n[nH]c3c2CCCCC3)c1. The number of aromatic amines is 1. The number of ketones is 1. The van der Waals surface area contributed by atoms with Gasteiger partial charge in [0.05, 0.1) is 6.07 Å². The summed E-state index contributed by atoms with van der Waals surface area (Å²) in [5, 5.41) is 19.1. The molecule has 1 aliphatic carbocycles. The zero-order valence-corrected chi connectivity index (χ0v) is 14.1. The van der Waals surface area contributed by atoms with Gasteiger partial charge in [0.15, 0.2) is 5.92 Å². The Hall–Kier alpha value is -2.94. The van der Waals surface area contributed by atoms with Crippen molar-refractivity contribution in [3.05, 3.63) is 46.8 Å². The number of aromatic nitrogens is 2. The number of nitrogens with zero attached hydrogens (tertiary/aromatic N) is 2. The summed E-state index contributed by atoms with van der Waals surface area (Å²) in [5.74, 6) is -2.56. The van der Waals surface area contributed by atoms with Crippen molar-refractivity contribution in [2.24, 2.45) is 5.92 Å². The highest BCUT2D eigenvalue weighted by Gasteiger charge is 2.32. The Labute approximate surface area is 146 Å². The van der Waals surface area contributed by atoms with Crippen molar-refractivity contribution in [3.63, 3.8) is 0 Å². The first-order chi connectivity index (χ1) is 12.1. The Balaban J connectivity index is 1.81. The van der Waals surface area contributed by atoms with Crippen LogP contribution in [0.15, 0.2) is 24.3 Å². The van der Waals surface area contributed by atoms with Gasteiger partial charge in [-0.15, -0.1) is 0 Å². The molecule has 0 radical (unpaired) electrons. The van der Waals surface area contributed by atoms with E-state index in [2.05, 4.69) is 15.5 Å². The number of nitriles is 1. The molecule has 1 aliphatic rings. The number of benzene rings is 1. The number of rotatable bonds is 4. The molecule has 1 atom stereocenters. The maximum Gasteiger partial charge on any atom is 0.249 e. The maximum absolute atomic E-state index is 12.8. The zero-order chi connectivity index (χ0) is 17.8. The van der Waals surface area contributed by atoms with Gasteiger partial charge in [-0.3, -0.25) is 14.7 Å². The van der Waals surface area contributed by atoms with Crippen molar-refractivity contribution in [3.8, 4) is 6.07 Å². The molecule has 3 rings (SSSR count). The highest BCUT2D eigenvalue weighted by atomic mass is 16.2. The Kier molecular flexibility index (Phi) is 4.94. The number of hydrogen-bond donors (Lipinski definition) is 2. The number of H-pyrrole nitrogens is 1. The molecule has 0 fully saturated rings. The third-order valence-electron chi connectivity index (χ3n) is 4.48. The highest BCUT2D eigenvalue weighted by molar-refractivity contribution is 6.15. The van der Waals surface area contributed by atoms with E-state index in [-0.39, 0.29) is 5.69 Å². The summed E-state index contributed by atoms with van der Waals surface area (Å²) in [6.45, 7) is 1.90. The molecule has 1 aromatic heterocycles. The van der Waals surface area contributed by atoms with Gasteiger partial charge in [-0.1, -0.05) is 18.6 Å². The van der Waals surface area contributed by atoms with Gasteiger partial charge in [-0.05, 0) is 50.3 Å². The van der Waals surface area contributed by atoms with Gasteiger partial charge in [-0.25, -0.2) is 0 Å². The number of hydrogen-bond acceptors (Lipinski definition) is 4. The first-order valence-electron chi connectivity index (χ1n) is 8.47. The molecule has 128 valence electrons. The summed E-state index contributed by atoms with van der Waals surface area (Å²) >= 11 is 0. The fourth-order valence-corrected chi connectivity index (χ4v) is 3.17. The molecule has 1 aromatic carbocycles. The average Bonchev–Trinajstić information content (AvgIpc) is 2.84. The van der Waals surface area contributed by atoms with Crippen molar-refractivity contribution in [1.29, 1.82) is 5.26 Å². The Morgan fingerprint density at radius 1 is 1.28 bits per heavy atom. The normalized spacial score (nSPS) is 14.7. The second-order valence-corrected chi connectivity index (χ2v) is 6.38. The van der Waals surface area contributed by atoms with Crippen LogP contribution in [0.5, 0.6) is 0 Å². The third kappa shape index (κ3) is 3.61. The molecule has 0 bridgehead atoms. The Morgan fingerprint density at radius 3 is 2.84 bits per heavy atom. The lowest BCUT2D eigenvalue weighted by Gasteiger charge is -2.10. The molecule has 2 aromatic rings. The van der Waals surface area contributed by atoms with E-state index in [4.69, 9.17) is 0 Å². The first kappa shape index (κ1) is 16.9. The van der Waals surface area contributed by atoms with Crippen molar-refractivity contribution in [1.82, 2.24) is 10.2 Å². The van der Waals surface area contributed by atoms with Gasteiger partial charge < -0.3 is 5.32 Å². The number of nitrogens with one attached hydrogen (secondary N) is 2. The predicted octanol–water partition coefficient (Wildman–Crippen LogP) is 2.95. The van der Waals surface area contributed by atoms with Crippen LogP contribution in [0.25, 0.3) is 0 Å². The van der Waals surface area contributed by atoms with E-state index in [0.717, 1.165) is 48.9 Å². The molecular formula is C19H20N4O2. The van der Waals surface area contributed by atoms with Gasteiger partial charge in [0.25, 0.3) is 0 Å². The van der Waals surface area contributed by atoms with E-state index in [0.29, 0.717) is 5.69 Å². The molecule has 6 heteroatoms. The first-order valence-corrected chi connectivity index (χ1v) is 8.47. The minimum Gasteiger partial charge on any atom is -0.325 e. The van der Waals surface area contributed by atoms with Gasteiger partial charge >= 0.3 is 0 Å². The molecule has 1 heterocycles. The summed E-state index contributed by atoms with van der Waals surface area (Å²) in [6, 6.07) is 9.06. The second-order valence-electron chi connectivity index (χ2n) is 6.38. The number of carbonyl (C=O) groups excluding carboxylic acids is 2. The average molecular weight is 336 g/mol. The minimum absolute atomic E-state index is 0.239. The zero-order valence-electron chi connectivity index (χ0n) is 14.1. The van der Waals surface area contributed by atoms with Crippen LogP contribution in [-0.4, -0.2) is 21.9 Å². The minimum atomic E-state index is -1.41. The lowest BCUT2D eigenvalue weighted by Crippen LogP contribution is -2.29. The summed E-state index contributed by atoms with van der Waals surface area (Å²) < 4.78 is 0. The van der Waals surface area contributed by atoms with E-state index in [1.165, 1.54) is 0 Å². The molecule has 0 unspecified atom stereocenters. The lowest BCUT2D eigenvalue weighted by atomic mass is 9.97. The topological polar surface area (TPSA) is 98.6 Å².